The maximum Gasteiger partial charge on any atom is 0.141 e. The van der Waals surface area contributed by atoms with Crippen molar-refractivity contribution in [1.29, 1.82) is 0 Å². The highest BCUT2D eigenvalue weighted by Gasteiger charge is 2.03. The highest BCUT2D eigenvalue weighted by molar-refractivity contribution is 6.05. The number of aromatic amines is 1. The van der Waals surface area contributed by atoms with E-state index in [-0.39, 0.29) is 0 Å². The summed E-state index contributed by atoms with van der Waals surface area (Å²) in [6.07, 6.45) is 3.40. The van der Waals surface area contributed by atoms with Crippen molar-refractivity contribution in [3.8, 4) is 0 Å². The first-order valence-corrected chi connectivity index (χ1v) is 4.52. The topological polar surface area (TPSA) is 41.6 Å². The van der Waals surface area contributed by atoms with Gasteiger partial charge in [-0.05, 0) is 18.6 Å². The SMILES string of the molecule is Cc1ccc2c(c1)[nH]c1ncncc12. The number of H-pyrrole nitrogens is 1. The average molecular weight is 183 g/mol. The third kappa shape index (κ3) is 0.923. The lowest BCUT2D eigenvalue weighted by Crippen LogP contribution is -1.75. The normalized spacial score (nSPS) is 11.2. The van der Waals surface area contributed by atoms with Crippen LogP contribution < -0.4 is 0 Å². The van der Waals surface area contributed by atoms with E-state index in [2.05, 4.69) is 40.1 Å². The smallest absolute Gasteiger partial charge is 0.141 e. The summed E-state index contributed by atoms with van der Waals surface area (Å²) < 4.78 is 0. The molecule has 0 saturated heterocycles. The average Bonchev–Trinajstić information content (AvgIpc) is 2.54. The lowest BCUT2D eigenvalue weighted by atomic mass is 10.1. The number of nitrogens with one attached hydrogen (secondary N) is 1. The molecule has 0 aliphatic carbocycles. The van der Waals surface area contributed by atoms with Gasteiger partial charge in [-0.1, -0.05) is 12.1 Å². The van der Waals surface area contributed by atoms with Gasteiger partial charge in [0.15, 0.2) is 0 Å². The van der Waals surface area contributed by atoms with Crippen molar-refractivity contribution in [3.63, 3.8) is 0 Å². The maximum absolute atomic E-state index is 4.18. The fourth-order valence-corrected chi connectivity index (χ4v) is 1.75. The van der Waals surface area contributed by atoms with E-state index < -0.39 is 0 Å². The standard InChI is InChI=1S/C11H9N3/c1-7-2-3-8-9-5-12-6-13-11(9)14-10(8)4-7/h2-6H,1H3,(H,12,13,14). The molecule has 1 aromatic carbocycles. The van der Waals surface area contributed by atoms with Crippen LogP contribution in [0.3, 0.4) is 0 Å². The fraction of sp³-hybridized carbons (Fsp3) is 0.0909. The van der Waals surface area contributed by atoms with Gasteiger partial charge in [0, 0.05) is 22.5 Å². The minimum absolute atomic E-state index is 0.903. The molecule has 3 aromatic rings. The number of benzene rings is 1. The molecule has 0 fully saturated rings. The first-order chi connectivity index (χ1) is 6.84. The Bertz CT molecular complexity index is 610. The van der Waals surface area contributed by atoms with Crippen molar-refractivity contribution in [2.24, 2.45) is 0 Å². The second kappa shape index (κ2) is 2.54. The van der Waals surface area contributed by atoms with Crippen LogP contribution >= 0.6 is 0 Å². The predicted octanol–water partition coefficient (Wildman–Crippen LogP) is 2.42. The van der Waals surface area contributed by atoms with Crippen LogP contribution in [0, 0.1) is 6.92 Å². The molecule has 0 spiro atoms. The fourth-order valence-electron chi connectivity index (χ4n) is 1.75. The van der Waals surface area contributed by atoms with E-state index in [0.717, 1.165) is 16.6 Å². The van der Waals surface area contributed by atoms with Crippen LogP contribution in [0.4, 0.5) is 0 Å². The molecule has 14 heavy (non-hydrogen) atoms. The van der Waals surface area contributed by atoms with Crippen molar-refractivity contribution >= 4 is 21.9 Å². The van der Waals surface area contributed by atoms with E-state index in [1.165, 1.54) is 10.9 Å². The van der Waals surface area contributed by atoms with Crippen molar-refractivity contribution in [2.75, 3.05) is 0 Å². The number of hydrogen-bond acceptors (Lipinski definition) is 2. The first-order valence-electron chi connectivity index (χ1n) is 4.52. The molecule has 2 aromatic heterocycles. The van der Waals surface area contributed by atoms with Gasteiger partial charge in [-0.15, -0.1) is 0 Å². The highest BCUT2D eigenvalue weighted by Crippen LogP contribution is 2.23. The Balaban J connectivity index is 2.57. The summed E-state index contributed by atoms with van der Waals surface area (Å²) in [5, 5.41) is 2.27. The van der Waals surface area contributed by atoms with Crippen LogP contribution in [0.1, 0.15) is 5.56 Å². The van der Waals surface area contributed by atoms with Crippen LogP contribution in [0.15, 0.2) is 30.7 Å². The van der Waals surface area contributed by atoms with Gasteiger partial charge in [0.25, 0.3) is 0 Å². The minimum atomic E-state index is 0.903. The molecule has 2 heterocycles. The Hall–Kier alpha value is -1.90. The predicted molar refractivity (Wildman–Crippen MR) is 56.1 cm³/mol. The Morgan fingerprint density at radius 1 is 1.21 bits per heavy atom. The summed E-state index contributed by atoms with van der Waals surface area (Å²) >= 11 is 0. The number of aromatic nitrogens is 3. The minimum Gasteiger partial charge on any atom is -0.339 e. The molecule has 0 unspecified atom stereocenters. The van der Waals surface area contributed by atoms with Gasteiger partial charge in [-0.2, -0.15) is 0 Å². The van der Waals surface area contributed by atoms with Crippen molar-refractivity contribution in [3.05, 3.63) is 36.3 Å². The molecule has 0 aliphatic rings. The zero-order valence-corrected chi connectivity index (χ0v) is 7.78. The lowest BCUT2D eigenvalue weighted by Gasteiger charge is -1.91. The molecule has 0 bridgehead atoms. The van der Waals surface area contributed by atoms with Gasteiger partial charge in [0.05, 0.1) is 0 Å². The number of rotatable bonds is 0. The third-order valence-electron chi connectivity index (χ3n) is 2.43. The molecule has 0 saturated carbocycles. The van der Waals surface area contributed by atoms with Crippen molar-refractivity contribution in [1.82, 2.24) is 15.0 Å². The number of nitrogens with zero attached hydrogens (tertiary/aromatic N) is 2. The van der Waals surface area contributed by atoms with Gasteiger partial charge >= 0.3 is 0 Å². The highest BCUT2D eigenvalue weighted by atomic mass is 14.9. The Kier molecular flexibility index (Phi) is 1.36. The summed E-state index contributed by atoms with van der Waals surface area (Å²) in [4.78, 5) is 11.5. The summed E-state index contributed by atoms with van der Waals surface area (Å²) in [5.74, 6) is 0. The molecule has 3 heteroatoms. The Morgan fingerprint density at radius 3 is 3.07 bits per heavy atom. The third-order valence-corrected chi connectivity index (χ3v) is 2.43. The van der Waals surface area contributed by atoms with Crippen LogP contribution in [0.25, 0.3) is 21.9 Å². The molecular weight excluding hydrogens is 174 g/mol. The summed E-state index contributed by atoms with van der Waals surface area (Å²) in [7, 11) is 0. The van der Waals surface area contributed by atoms with Crippen LogP contribution in [0.5, 0.6) is 0 Å². The van der Waals surface area contributed by atoms with Crippen molar-refractivity contribution < 1.29 is 0 Å². The monoisotopic (exact) mass is 183 g/mol. The van der Waals surface area contributed by atoms with E-state index in [9.17, 15) is 0 Å². The molecule has 0 aliphatic heterocycles. The Labute approximate surface area is 80.8 Å². The van der Waals surface area contributed by atoms with Gasteiger partial charge in [-0.25, -0.2) is 9.97 Å². The molecule has 0 atom stereocenters. The Morgan fingerprint density at radius 2 is 2.14 bits per heavy atom. The molecule has 0 radical (unpaired) electrons. The quantitative estimate of drug-likeness (QED) is 0.581. The zero-order chi connectivity index (χ0) is 9.54. The molecular formula is C11H9N3. The second-order valence-electron chi connectivity index (χ2n) is 3.46. The second-order valence-corrected chi connectivity index (χ2v) is 3.46. The van der Waals surface area contributed by atoms with E-state index in [1.54, 1.807) is 6.33 Å². The van der Waals surface area contributed by atoms with E-state index in [1.807, 2.05) is 6.20 Å². The van der Waals surface area contributed by atoms with Crippen LogP contribution in [-0.4, -0.2) is 15.0 Å². The maximum atomic E-state index is 4.18. The van der Waals surface area contributed by atoms with Gasteiger partial charge in [0.1, 0.15) is 12.0 Å². The van der Waals surface area contributed by atoms with E-state index >= 15 is 0 Å². The number of aryl methyl sites for hydroxylation is 1. The van der Waals surface area contributed by atoms with Gasteiger partial charge in [0.2, 0.25) is 0 Å². The van der Waals surface area contributed by atoms with Crippen LogP contribution in [-0.2, 0) is 0 Å². The molecule has 3 nitrogen and oxygen atoms in total. The van der Waals surface area contributed by atoms with Crippen molar-refractivity contribution in [2.45, 2.75) is 6.92 Å². The summed E-state index contributed by atoms with van der Waals surface area (Å²) in [6.45, 7) is 2.08. The first kappa shape index (κ1) is 7.50. The van der Waals surface area contributed by atoms with Gasteiger partial charge in [-0.3, -0.25) is 0 Å². The summed E-state index contributed by atoms with van der Waals surface area (Å²) in [6, 6.07) is 6.33. The molecule has 0 amide bonds. The van der Waals surface area contributed by atoms with Gasteiger partial charge < -0.3 is 4.98 Å². The zero-order valence-electron chi connectivity index (χ0n) is 7.78. The van der Waals surface area contributed by atoms with E-state index in [0.29, 0.717) is 0 Å². The number of fused-ring (bicyclic) bond motifs is 3. The molecule has 68 valence electrons. The lowest BCUT2D eigenvalue weighted by molar-refractivity contribution is 1.21. The number of hydrogen-bond donors (Lipinski definition) is 1. The van der Waals surface area contributed by atoms with Crippen LogP contribution in [0.2, 0.25) is 0 Å². The molecule has 1 N–H and O–H groups in total. The summed E-state index contributed by atoms with van der Waals surface area (Å²) in [5.41, 5.74) is 3.28. The molecule has 3 rings (SSSR count). The largest absolute Gasteiger partial charge is 0.339 e. The van der Waals surface area contributed by atoms with E-state index in [4.69, 9.17) is 0 Å².